The number of hydrogen-bond acceptors (Lipinski definition) is 4. The van der Waals surface area contributed by atoms with Crippen LogP contribution in [-0.4, -0.2) is 30.0 Å². The molecule has 104 valence electrons. The molecule has 0 aliphatic rings. The molecule has 0 saturated carbocycles. The number of hydrogen-bond donors (Lipinski definition) is 1. The third-order valence-corrected chi connectivity index (χ3v) is 2.74. The van der Waals surface area contributed by atoms with Gasteiger partial charge in [0.1, 0.15) is 5.69 Å². The summed E-state index contributed by atoms with van der Waals surface area (Å²) >= 11 is 0. The number of carbonyl (C=O) groups is 1. The van der Waals surface area contributed by atoms with Gasteiger partial charge in [-0.1, -0.05) is 12.1 Å². The van der Waals surface area contributed by atoms with Gasteiger partial charge in [0.25, 0.3) is 5.69 Å². The molecule has 0 fully saturated rings. The molecule has 0 aliphatic carbocycles. The van der Waals surface area contributed by atoms with Crippen LogP contribution in [0, 0.1) is 10.1 Å². The number of amides is 1. The van der Waals surface area contributed by atoms with Crippen molar-refractivity contribution in [3.63, 3.8) is 0 Å². The SMILES string of the molecule is CC(=O)NCCN(c1ccccc1[N+](=O)[O-])C(C)C. The standard InChI is InChI=1S/C13H19N3O3/c1-10(2)15(9-8-14-11(3)17)12-6-4-5-7-13(12)16(18)19/h4-7,10H,8-9H2,1-3H3,(H,14,17). The summed E-state index contributed by atoms with van der Waals surface area (Å²) in [5.74, 6) is -0.105. The molecule has 1 amide bonds. The first kappa shape index (κ1) is 14.9. The summed E-state index contributed by atoms with van der Waals surface area (Å²) in [6.45, 7) is 6.36. The van der Waals surface area contributed by atoms with E-state index in [0.29, 0.717) is 18.8 Å². The van der Waals surface area contributed by atoms with Crippen molar-refractivity contribution in [2.24, 2.45) is 0 Å². The Morgan fingerprint density at radius 3 is 2.58 bits per heavy atom. The van der Waals surface area contributed by atoms with Crippen LogP contribution in [0.2, 0.25) is 0 Å². The van der Waals surface area contributed by atoms with Gasteiger partial charge in [0.2, 0.25) is 5.91 Å². The number of para-hydroxylation sites is 2. The maximum atomic E-state index is 11.0. The van der Waals surface area contributed by atoms with Gasteiger partial charge < -0.3 is 10.2 Å². The van der Waals surface area contributed by atoms with Gasteiger partial charge in [0.15, 0.2) is 0 Å². The molecule has 0 spiro atoms. The molecule has 1 N–H and O–H groups in total. The van der Waals surface area contributed by atoms with Gasteiger partial charge in [0.05, 0.1) is 4.92 Å². The lowest BCUT2D eigenvalue weighted by molar-refractivity contribution is -0.384. The van der Waals surface area contributed by atoms with Crippen LogP contribution in [0.4, 0.5) is 11.4 Å². The number of nitrogens with one attached hydrogen (secondary N) is 1. The Kier molecular flexibility index (Phi) is 5.29. The lowest BCUT2D eigenvalue weighted by Gasteiger charge is -2.28. The Morgan fingerprint density at radius 2 is 2.05 bits per heavy atom. The number of nitrogens with zero attached hydrogens (tertiary/aromatic N) is 2. The first-order valence-corrected chi connectivity index (χ1v) is 6.18. The van der Waals surface area contributed by atoms with Crippen molar-refractivity contribution in [1.29, 1.82) is 0 Å². The van der Waals surface area contributed by atoms with Gasteiger partial charge in [-0.05, 0) is 19.9 Å². The minimum atomic E-state index is -0.386. The zero-order chi connectivity index (χ0) is 14.4. The molecule has 6 heteroatoms. The minimum absolute atomic E-state index is 0.0824. The van der Waals surface area contributed by atoms with E-state index < -0.39 is 0 Å². The van der Waals surface area contributed by atoms with Crippen LogP contribution in [0.25, 0.3) is 0 Å². The van der Waals surface area contributed by atoms with Crippen LogP contribution >= 0.6 is 0 Å². The Hall–Kier alpha value is -2.11. The Bertz CT molecular complexity index is 460. The molecule has 0 bridgehead atoms. The predicted octanol–water partition coefficient (Wildman–Crippen LogP) is 1.95. The molecular formula is C13H19N3O3. The second-order valence-corrected chi connectivity index (χ2v) is 4.52. The van der Waals surface area contributed by atoms with Crippen molar-refractivity contribution in [3.8, 4) is 0 Å². The second-order valence-electron chi connectivity index (χ2n) is 4.52. The third-order valence-electron chi connectivity index (χ3n) is 2.74. The summed E-state index contributed by atoms with van der Waals surface area (Å²) in [7, 11) is 0. The Balaban J connectivity index is 2.93. The van der Waals surface area contributed by atoms with Gasteiger partial charge in [0, 0.05) is 32.1 Å². The predicted molar refractivity (Wildman–Crippen MR) is 74.3 cm³/mol. The highest BCUT2D eigenvalue weighted by Gasteiger charge is 2.20. The van der Waals surface area contributed by atoms with Crippen molar-refractivity contribution in [1.82, 2.24) is 5.32 Å². The molecule has 1 rings (SSSR count). The van der Waals surface area contributed by atoms with Crippen LogP contribution in [-0.2, 0) is 4.79 Å². The highest BCUT2D eigenvalue weighted by molar-refractivity contribution is 5.72. The topological polar surface area (TPSA) is 75.5 Å². The van der Waals surface area contributed by atoms with Crippen LogP contribution in [0.1, 0.15) is 20.8 Å². The number of nitro groups is 1. The maximum absolute atomic E-state index is 11.0. The number of carbonyl (C=O) groups excluding carboxylic acids is 1. The fraction of sp³-hybridized carbons (Fsp3) is 0.462. The zero-order valence-electron chi connectivity index (χ0n) is 11.4. The van der Waals surface area contributed by atoms with Crippen molar-refractivity contribution < 1.29 is 9.72 Å². The van der Waals surface area contributed by atoms with E-state index in [9.17, 15) is 14.9 Å². The van der Waals surface area contributed by atoms with Gasteiger partial charge >= 0.3 is 0 Å². The summed E-state index contributed by atoms with van der Waals surface area (Å²) in [5, 5.41) is 13.7. The molecule has 0 unspecified atom stereocenters. The van der Waals surface area contributed by atoms with Crippen LogP contribution in [0.3, 0.4) is 0 Å². The molecule has 0 atom stereocenters. The molecule has 0 radical (unpaired) electrons. The maximum Gasteiger partial charge on any atom is 0.292 e. The Morgan fingerprint density at radius 1 is 1.42 bits per heavy atom. The average molecular weight is 265 g/mol. The van der Waals surface area contributed by atoms with Crippen molar-refractivity contribution in [2.45, 2.75) is 26.8 Å². The highest BCUT2D eigenvalue weighted by atomic mass is 16.6. The van der Waals surface area contributed by atoms with Crippen LogP contribution < -0.4 is 10.2 Å². The summed E-state index contributed by atoms with van der Waals surface area (Å²) in [5.41, 5.74) is 0.659. The van der Waals surface area contributed by atoms with E-state index in [1.807, 2.05) is 18.7 Å². The molecule has 6 nitrogen and oxygen atoms in total. The number of anilines is 1. The van der Waals surface area contributed by atoms with Crippen molar-refractivity contribution in [3.05, 3.63) is 34.4 Å². The van der Waals surface area contributed by atoms with Gasteiger partial charge in [-0.3, -0.25) is 14.9 Å². The third kappa shape index (κ3) is 4.24. The molecule has 0 heterocycles. The number of rotatable bonds is 6. The van der Waals surface area contributed by atoms with E-state index in [2.05, 4.69) is 5.32 Å². The van der Waals surface area contributed by atoms with Gasteiger partial charge in [-0.25, -0.2) is 0 Å². The fourth-order valence-electron chi connectivity index (χ4n) is 1.87. The van der Waals surface area contributed by atoms with Crippen molar-refractivity contribution in [2.75, 3.05) is 18.0 Å². The highest BCUT2D eigenvalue weighted by Crippen LogP contribution is 2.28. The zero-order valence-corrected chi connectivity index (χ0v) is 11.4. The molecule has 1 aromatic rings. The van der Waals surface area contributed by atoms with Gasteiger partial charge in [-0.2, -0.15) is 0 Å². The van der Waals surface area contributed by atoms with E-state index in [4.69, 9.17) is 0 Å². The molecule has 0 saturated heterocycles. The monoisotopic (exact) mass is 265 g/mol. The van der Waals surface area contributed by atoms with Crippen molar-refractivity contribution >= 4 is 17.3 Å². The summed E-state index contributed by atoms with van der Waals surface area (Å²) in [6.07, 6.45) is 0. The van der Waals surface area contributed by atoms with Gasteiger partial charge in [-0.15, -0.1) is 0 Å². The summed E-state index contributed by atoms with van der Waals surface area (Å²) in [6, 6.07) is 6.74. The largest absolute Gasteiger partial charge is 0.362 e. The van der Waals surface area contributed by atoms with Crippen LogP contribution in [0.15, 0.2) is 24.3 Å². The van der Waals surface area contributed by atoms with E-state index in [1.165, 1.54) is 13.0 Å². The van der Waals surface area contributed by atoms with E-state index >= 15 is 0 Å². The molecule has 0 aliphatic heterocycles. The quantitative estimate of drug-likeness (QED) is 0.630. The number of nitro benzene ring substituents is 1. The van der Waals surface area contributed by atoms with E-state index in [1.54, 1.807) is 18.2 Å². The first-order valence-electron chi connectivity index (χ1n) is 6.18. The van der Waals surface area contributed by atoms with Crippen LogP contribution in [0.5, 0.6) is 0 Å². The normalized spacial score (nSPS) is 10.3. The summed E-state index contributed by atoms with van der Waals surface area (Å²) in [4.78, 5) is 23.4. The van der Waals surface area contributed by atoms with E-state index in [0.717, 1.165) is 0 Å². The lowest BCUT2D eigenvalue weighted by atomic mass is 10.2. The summed E-state index contributed by atoms with van der Waals surface area (Å²) < 4.78 is 0. The van der Waals surface area contributed by atoms with E-state index in [-0.39, 0.29) is 22.6 Å². The first-order chi connectivity index (χ1) is 8.93. The molecule has 1 aromatic carbocycles. The smallest absolute Gasteiger partial charge is 0.292 e. The molecule has 0 aromatic heterocycles. The lowest BCUT2D eigenvalue weighted by Crippen LogP contribution is -2.38. The molecule has 19 heavy (non-hydrogen) atoms. The molecular weight excluding hydrogens is 246 g/mol. The number of benzene rings is 1. The fourth-order valence-corrected chi connectivity index (χ4v) is 1.87. The second kappa shape index (κ2) is 6.72. The minimum Gasteiger partial charge on any atom is -0.362 e. The average Bonchev–Trinajstić information content (AvgIpc) is 2.34. The Labute approximate surface area is 112 Å².